The van der Waals surface area contributed by atoms with Crippen LogP contribution in [0.15, 0.2) is 30.3 Å². The van der Waals surface area contributed by atoms with Crippen molar-refractivity contribution in [2.24, 2.45) is 5.92 Å². The summed E-state index contributed by atoms with van der Waals surface area (Å²) in [4.78, 5) is 19.8. The fraction of sp³-hybridized carbons (Fsp3) is 0.522. The lowest BCUT2D eigenvalue weighted by molar-refractivity contribution is -0.145. The van der Waals surface area contributed by atoms with Gasteiger partial charge in [0.1, 0.15) is 0 Å². The number of carbonyl (C=O) groups is 1. The van der Waals surface area contributed by atoms with E-state index >= 15 is 0 Å². The molecule has 0 bridgehead atoms. The molecule has 2 aromatic rings. The van der Waals surface area contributed by atoms with Crippen LogP contribution in [0.4, 0.5) is 5.69 Å². The molecule has 1 aromatic carbocycles. The van der Waals surface area contributed by atoms with E-state index in [2.05, 4.69) is 22.4 Å². The number of aromatic nitrogens is 1. The van der Waals surface area contributed by atoms with E-state index in [0.29, 0.717) is 18.2 Å². The van der Waals surface area contributed by atoms with E-state index in [1.54, 1.807) is 0 Å². The third kappa shape index (κ3) is 4.51. The van der Waals surface area contributed by atoms with Crippen LogP contribution in [-0.2, 0) is 9.53 Å². The van der Waals surface area contributed by atoms with Crippen molar-refractivity contribution < 1.29 is 9.53 Å². The second-order valence-electron chi connectivity index (χ2n) is 8.02. The van der Waals surface area contributed by atoms with Crippen molar-refractivity contribution in [3.8, 4) is 6.07 Å². The van der Waals surface area contributed by atoms with Gasteiger partial charge in [0.05, 0.1) is 29.6 Å². The number of anilines is 1. The Bertz CT molecular complexity index is 895. The molecule has 0 amide bonds. The number of esters is 1. The molecule has 29 heavy (non-hydrogen) atoms. The van der Waals surface area contributed by atoms with E-state index in [1.807, 2.05) is 24.3 Å². The lowest BCUT2D eigenvalue weighted by Gasteiger charge is -2.31. The topological polar surface area (TPSA) is 78.2 Å². The minimum atomic E-state index is -1.01. The number of benzene rings is 1. The molecule has 1 aromatic heterocycles. The molecule has 1 unspecified atom stereocenters. The number of ether oxygens (including phenoxy) is 1. The number of rotatable bonds is 5. The molecule has 0 spiro atoms. The van der Waals surface area contributed by atoms with Crippen LogP contribution in [-0.4, -0.2) is 43.7 Å². The van der Waals surface area contributed by atoms with E-state index in [0.717, 1.165) is 55.6 Å². The molecule has 0 radical (unpaired) electrons. The Balaban J connectivity index is 1.61. The summed E-state index contributed by atoms with van der Waals surface area (Å²) in [6.45, 7) is 3.80. The van der Waals surface area contributed by atoms with Gasteiger partial charge in [-0.15, -0.1) is 0 Å². The minimum Gasteiger partial charge on any atom is -0.464 e. The van der Waals surface area contributed by atoms with Crippen molar-refractivity contribution in [3.63, 3.8) is 0 Å². The molecule has 4 rings (SSSR count). The standard InChI is InChI=1S/C23H28N4O2/c24-15-19(23(28)29-16-17-6-2-1-3-7-17)22-21(27-12-10-25-11-13-27)14-18-8-4-5-9-20(18)26-22/h4-5,8-9,14,17,19,25H,1-3,6-7,10-13,16H2. The number of fused-ring (bicyclic) bond motifs is 1. The van der Waals surface area contributed by atoms with Gasteiger partial charge in [0, 0.05) is 31.6 Å². The van der Waals surface area contributed by atoms with Crippen molar-refractivity contribution in [1.29, 1.82) is 5.26 Å². The highest BCUT2D eigenvalue weighted by atomic mass is 16.5. The number of carbonyl (C=O) groups excluding carboxylic acids is 1. The van der Waals surface area contributed by atoms with Gasteiger partial charge in [-0.1, -0.05) is 37.5 Å². The van der Waals surface area contributed by atoms with Crippen molar-refractivity contribution in [3.05, 3.63) is 36.0 Å². The van der Waals surface area contributed by atoms with Gasteiger partial charge in [-0.2, -0.15) is 5.26 Å². The molecular weight excluding hydrogens is 364 g/mol. The maximum Gasteiger partial charge on any atom is 0.329 e. The average molecular weight is 393 g/mol. The summed E-state index contributed by atoms with van der Waals surface area (Å²) < 4.78 is 5.61. The van der Waals surface area contributed by atoms with Crippen molar-refractivity contribution in [2.75, 3.05) is 37.7 Å². The Morgan fingerprint density at radius 3 is 2.76 bits per heavy atom. The molecule has 6 heteroatoms. The van der Waals surface area contributed by atoms with Gasteiger partial charge in [0.15, 0.2) is 5.92 Å². The van der Waals surface area contributed by atoms with E-state index in [1.165, 1.54) is 19.3 Å². The quantitative estimate of drug-likeness (QED) is 0.786. The first kappa shape index (κ1) is 19.7. The maximum atomic E-state index is 12.9. The molecule has 1 saturated carbocycles. The van der Waals surface area contributed by atoms with E-state index in [9.17, 15) is 10.1 Å². The summed E-state index contributed by atoms with van der Waals surface area (Å²) in [7, 11) is 0. The summed E-state index contributed by atoms with van der Waals surface area (Å²) in [6, 6.07) is 12.1. The molecule has 152 valence electrons. The molecule has 1 N–H and O–H groups in total. The van der Waals surface area contributed by atoms with Crippen molar-refractivity contribution in [2.45, 2.75) is 38.0 Å². The second kappa shape index (κ2) is 9.23. The lowest BCUT2D eigenvalue weighted by Crippen LogP contribution is -2.44. The number of piperazine rings is 1. The van der Waals surface area contributed by atoms with Gasteiger partial charge < -0.3 is 15.0 Å². The van der Waals surface area contributed by atoms with Crippen LogP contribution in [0.2, 0.25) is 0 Å². The van der Waals surface area contributed by atoms with Crippen LogP contribution >= 0.6 is 0 Å². The van der Waals surface area contributed by atoms with Gasteiger partial charge in [0.25, 0.3) is 0 Å². The molecule has 2 heterocycles. The summed E-state index contributed by atoms with van der Waals surface area (Å²) in [5.74, 6) is -1.06. The third-order valence-corrected chi connectivity index (χ3v) is 6.01. The van der Waals surface area contributed by atoms with Gasteiger partial charge >= 0.3 is 5.97 Å². The molecule has 1 saturated heterocycles. The zero-order chi connectivity index (χ0) is 20.1. The molecule has 1 atom stereocenters. The first-order chi connectivity index (χ1) is 14.3. The number of pyridine rings is 1. The van der Waals surface area contributed by atoms with Crippen LogP contribution in [0, 0.1) is 17.2 Å². The number of hydrogen-bond acceptors (Lipinski definition) is 6. The van der Waals surface area contributed by atoms with Crippen molar-refractivity contribution in [1.82, 2.24) is 10.3 Å². The first-order valence-electron chi connectivity index (χ1n) is 10.7. The molecule has 1 aliphatic heterocycles. The number of nitrogens with one attached hydrogen (secondary N) is 1. The summed E-state index contributed by atoms with van der Waals surface area (Å²) in [5, 5.41) is 14.2. The van der Waals surface area contributed by atoms with E-state index in [-0.39, 0.29) is 0 Å². The maximum absolute atomic E-state index is 12.9. The highest BCUT2D eigenvalue weighted by molar-refractivity contribution is 5.88. The van der Waals surface area contributed by atoms with Crippen LogP contribution < -0.4 is 10.2 Å². The Morgan fingerprint density at radius 2 is 2.00 bits per heavy atom. The Morgan fingerprint density at radius 1 is 1.24 bits per heavy atom. The fourth-order valence-corrected chi connectivity index (χ4v) is 4.35. The minimum absolute atomic E-state index is 0.410. The van der Waals surface area contributed by atoms with Crippen LogP contribution in [0.5, 0.6) is 0 Å². The summed E-state index contributed by atoms with van der Waals surface area (Å²) in [6.07, 6.45) is 5.86. The van der Waals surface area contributed by atoms with Crippen LogP contribution in [0.1, 0.15) is 43.7 Å². The Kier molecular flexibility index (Phi) is 6.26. The molecule has 2 aliphatic rings. The van der Waals surface area contributed by atoms with E-state index in [4.69, 9.17) is 9.72 Å². The fourth-order valence-electron chi connectivity index (χ4n) is 4.35. The van der Waals surface area contributed by atoms with Crippen LogP contribution in [0.3, 0.4) is 0 Å². The predicted octanol–water partition coefficient (Wildman–Crippen LogP) is 3.38. The third-order valence-electron chi connectivity index (χ3n) is 6.01. The SMILES string of the molecule is N#CC(C(=O)OCC1CCCCC1)c1nc2ccccc2cc1N1CCNCC1. The Labute approximate surface area is 171 Å². The number of para-hydroxylation sites is 1. The van der Waals surface area contributed by atoms with Crippen molar-refractivity contribution >= 4 is 22.6 Å². The monoisotopic (exact) mass is 392 g/mol. The molecule has 6 nitrogen and oxygen atoms in total. The summed E-state index contributed by atoms with van der Waals surface area (Å²) >= 11 is 0. The predicted molar refractivity (Wildman–Crippen MR) is 113 cm³/mol. The number of nitrogens with zero attached hydrogens (tertiary/aromatic N) is 3. The average Bonchev–Trinajstić information content (AvgIpc) is 2.79. The smallest absolute Gasteiger partial charge is 0.329 e. The highest BCUT2D eigenvalue weighted by Crippen LogP contribution is 2.31. The Hall–Kier alpha value is -2.65. The zero-order valence-corrected chi connectivity index (χ0v) is 16.8. The zero-order valence-electron chi connectivity index (χ0n) is 16.8. The molecule has 2 fully saturated rings. The lowest BCUT2D eigenvalue weighted by atomic mass is 9.90. The first-order valence-corrected chi connectivity index (χ1v) is 10.7. The second-order valence-corrected chi connectivity index (χ2v) is 8.02. The number of hydrogen-bond donors (Lipinski definition) is 1. The highest BCUT2D eigenvalue weighted by Gasteiger charge is 2.30. The van der Waals surface area contributed by atoms with E-state index < -0.39 is 11.9 Å². The van der Waals surface area contributed by atoms with Gasteiger partial charge in [-0.3, -0.25) is 4.79 Å². The molecular formula is C23H28N4O2. The largest absolute Gasteiger partial charge is 0.464 e. The van der Waals surface area contributed by atoms with Gasteiger partial charge in [-0.05, 0) is 30.9 Å². The molecule has 1 aliphatic carbocycles. The van der Waals surface area contributed by atoms with Crippen LogP contribution in [0.25, 0.3) is 10.9 Å². The number of nitriles is 1. The summed E-state index contributed by atoms with van der Waals surface area (Å²) in [5.41, 5.74) is 2.18. The normalized spacial score (nSPS) is 18.9. The van der Waals surface area contributed by atoms with Gasteiger partial charge in [0.2, 0.25) is 0 Å². The van der Waals surface area contributed by atoms with Gasteiger partial charge in [-0.25, -0.2) is 4.98 Å².